The molecule has 0 radical (unpaired) electrons. The van der Waals surface area contributed by atoms with Crippen LogP contribution in [0.5, 0.6) is 0 Å². The molecule has 1 aliphatic heterocycles. The van der Waals surface area contributed by atoms with Gasteiger partial charge in [-0.15, -0.1) is 0 Å². The summed E-state index contributed by atoms with van der Waals surface area (Å²) in [4.78, 5) is 51.7. The van der Waals surface area contributed by atoms with Crippen LogP contribution in [0.3, 0.4) is 0 Å². The van der Waals surface area contributed by atoms with E-state index in [2.05, 4.69) is 20.1 Å². The molecule has 0 unspecified atom stereocenters. The Labute approximate surface area is 216 Å². The molecule has 0 spiro atoms. The lowest BCUT2D eigenvalue weighted by Crippen LogP contribution is -2.46. The number of nitrogens with zero attached hydrogens (tertiary/aromatic N) is 4. The van der Waals surface area contributed by atoms with Crippen molar-refractivity contribution >= 4 is 46.2 Å². The Morgan fingerprint density at radius 2 is 0.947 bits per heavy atom. The molecule has 1 aliphatic rings. The van der Waals surface area contributed by atoms with Crippen molar-refractivity contribution in [2.24, 2.45) is 10.3 Å². The maximum atomic E-state index is 12.4. The lowest BCUT2D eigenvalue weighted by atomic mass is 10.0. The van der Waals surface area contributed by atoms with Gasteiger partial charge in [-0.1, -0.05) is 10.3 Å². The van der Waals surface area contributed by atoms with E-state index in [1.807, 2.05) is 0 Å². The Bertz CT molecular complexity index is 1140. The molecule has 3 rings (SSSR count). The molecule has 14 nitrogen and oxygen atoms in total. The van der Waals surface area contributed by atoms with Gasteiger partial charge in [-0.05, 0) is 48.5 Å². The first kappa shape index (κ1) is 27.8. The van der Waals surface area contributed by atoms with Gasteiger partial charge in [0, 0.05) is 48.7 Å². The minimum atomic E-state index is -1.06. The Morgan fingerprint density at radius 3 is 1.21 bits per heavy atom. The monoisotopic (exact) mass is 526 g/mol. The molecule has 2 aromatic carbocycles. The summed E-state index contributed by atoms with van der Waals surface area (Å²) in [5.74, 6) is -3.02. The highest BCUT2D eigenvalue weighted by Gasteiger charge is 2.21. The zero-order valence-corrected chi connectivity index (χ0v) is 20.1. The maximum absolute atomic E-state index is 12.4. The van der Waals surface area contributed by atoms with E-state index in [-0.39, 0.29) is 0 Å². The number of amides is 2. The predicted molar refractivity (Wildman–Crippen MR) is 134 cm³/mol. The standard InChI is InChI=1S/C24H26N6O8/c31-21(13-19(25-35)23(33)27-37)15-1-5-17(6-2-15)29-9-11-30(12-10-29)18-7-3-16(4-8-18)22(32)14-20(26-36)24(34)28-38/h1-8,35-38H,9-14H2,(H,27,33)(H,28,34). The maximum Gasteiger partial charge on any atom is 0.292 e. The first-order valence-electron chi connectivity index (χ1n) is 11.4. The Morgan fingerprint density at radius 1 is 0.632 bits per heavy atom. The number of nitrogens with one attached hydrogen (secondary N) is 2. The van der Waals surface area contributed by atoms with E-state index in [4.69, 9.17) is 20.8 Å². The summed E-state index contributed by atoms with van der Waals surface area (Å²) in [6, 6.07) is 13.6. The number of rotatable bonds is 10. The first-order chi connectivity index (χ1) is 18.3. The molecule has 1 saturated heterocycles. The third-order valence-electron chi connectivity index (χ3n) is 6.01. The number of Topliss-reactive ketones (excluding diaryl/α,β-unsaturated/α-hetero) is 2. The summed E-state index contributed by atoms with van der Waals surface area (Å²) in [6.45, 7) is 2.77. The number of piperazine rings is 1. The summed E-state index contributed by atoms with van der Waals surface area (Å²) in [5, 5.41) is 40.5. The van der Waals surface area contributed by atoms with Gasteiger partial charge in [-0.2, -0.15) is 0 Å². The van der Waals surface area contributed by atoms with Gasteiger partial charge in [0.2, 0.25) is 0 Å². The van der Waals surface area contributed by atoms with Crippen molar-refractivity contribution in [3.63, 3.8) is 0 Å². The molecule has 0 aliphatic carbocycles. The second kappa shape index (κ2) is 12.9. The second-order valence-electron chi connectivity index (χ2n) is 8.24. The SMILES string of the molecule is O=C(NO)C(CC(=O)c1ccc(N2CCN(c3ccc(C(=O)CC(=NO)C(=O)NO)cc3)CC2)cc1)=NO. The van der Waals surface area contributed by atoms with Crippen LogP contribution in [-0.4, -0.2) is 81.8 Å². The summed E-state index contributed by atoms with van der Waals surface area (Å²) < 4.78 is 0. The number of benzene rings is 2. The summed E-state index contributed by atoms with van der Waals surface area (Å²) in [5.41, 5.74) is 4.08. The summed E-state index contributed by atoms with van der Waals surface area (Å²) >= 11 is 0. The molecule has 6 N–H and O–H groups in total. The highest BCUT2D eigenvalue weighted by Crippen LogP contribution is 2.22. The minimum Gasteiger partial charge on any atom is -0.410 e. The van der Waals surface area contributed by atoms with Gasteiger partial charge in [-0.25, -0.2) is 11.0 Å². The van der Waals surface area contributed by atoms with Crippen LogP contribution in [0.1, 0.15) is 33.6 Å². The average molecular weight is 527 g/mol. The third kappa shape index (κ3) is 6.68. The van der Waals surface area contributed by atoms with E-state index < -0.39 is 47.6 Å². The fourth-order valence-electron chi connectivity index (χ4n) is 3.90. The van der Waals surface area contributed by atoms with Crippen LogP contribution in [0, 0.1) is 0 Å². The zero-order valence-electron chi connectivity index (χ0n) is 20.1. The molecule has 0 atom stereocenters. The van der Waals surface area contributed by atoms with E-state index in [0.29, 0.717) is 37.3 Å². The summed E-state index contributed by atoms with van der Waals surface area (Å²) in [7, 11) is 0. The van der Waals surface area contributed by atoms with Crippen LogP contribution in [-0.2, 0) is 9.59 Å². The van der Waals surface area contributed by atoms with Crippen molar-refractivity contribution in [1.82, 2.24) is 11.0 Å². The molecular weight excluding hydrogens is 500 g/mol. The number of carbonyl (C=O) groups excluding carboxylic acids is 4. The second-order valence-corrected chi connectivity index (χ2v) is 8.24. The van der Waals surface area contributed by atoms with Crippen molar-refractivity contribution < 1.29 is 40.0 Å². The molecule has 2 aromatic rings. The number of ketones is 2. The number of oxime groups is 2. The van der Waals surface area contributed by atoms with E-state index in [1.165, 1.54) is 11.0 Å². The quantitative estimate of drug-likeness (QED) is 0.0845. The van der Waals surface area contributed by atoms with Gasteiger partial charge in [0.05, 0.1) is 12.8 Å². The third-order valence-corrected chi connectivity index (χ3v) is 6.01. The van der Waals surface area contributed by atoms with Crippen LogP contribution in [0.25, 0.3) is 0 Å². The molecule has 2 amide bonds. The van der Waals surface area contributed by atoms with Gasteiger partial charge in [0.1, 0.15) is 0 Å². The van der Waals surface area contributed by atoms with Crippen molar-refractivity contribution in [3.05, 3.63) is 59.7 Å². The van der Waals surface area contributed by atoms with E-state index in [1.54, 1.807) is 48.5 Å². The van der Waals surface area contributed by atoms with E-state index >= 15 is 0 Å². The van der Waals surface area contributed by atoms with Crippen molar-refractivity contribution in [2.45, 2.75) is 12.8 Å². The molecule has 1 heterocycles. The van der Waals surface area contributed by atoms with E-state index in [9.17, 15) is 19.2 Å². The van der Waals surface area contributed by atoms with Crippen molar-refractivity contribution in [2.75, 3.05) is 36.0 Å². The molecule has 0 bridgehead atoms. The highest BCUT2D eigenvalue weighted by atomic mass is 16.5. The van der Waals surface area contributed by atoms with Crippen molar-refractivity contribution in [3.8, 4) is 0 Å². The zero-order chi connectivity index (χ0) is 27.7. The number of hydroxylamine groups is 2. The molecule has 0 saturated carbocycles. The highest BCUT2D eigenvalue weighted by molar-refractivity contribution is 6.42. The Balaban J connectivity index is 1.55. The normalized spacial score (nSPS) is 14.2. The van der Waals surface area contributed by atoms with Crippen molar-refractivity contribution in [1.29, 1.82) is 0 Å². The lowest BCUT2D eigenvalue weighted by Gasteiger charge is -2.37. The number of anilines is 2. The molecule has 14 heteroatoms. The smallest absolute Gasteiger partial charge is 0.292 e. The number of carbonyl (C=O) groups is 4. The minimum absolute atomic E-state index is 0.322. The molecular formula is C24H26N6O8. The van der Waals surface area contributed by atoms with Crippen LogP contribution in [0.2, 0.25) is 0 Å². The van der Waals surface area contributed by atoms with Crippen LogP contribution < -0.4 is 20.8 Å². The fraction of sp³-hybridized carbons (Fsp3) is 0.250. The number of hydrogen-bond acceptors (Lipinski definition) is 12. The fourth-order valence-corrected chi connectivity index (χ4v) is 3.90. The Kier molecular flexibility index (Phi) is 9.45. The van der Waals surface area contributed by atoms with Gasteiger partial charge in [0.25, 0.3) is 11.8 Å². The van der Waals surface area contributed by atoms with Crippen LogP contribution >= 0.6 is 0 Å². The van der Waals surface area contributed by atoms with Gasteiger partial charge >= 0.3 is 0 Å². The van der Waals surface area contributed by atoms with E-state index in [0.717, 1.165) is 11.4 Å². The van der Waals surface area contributed by atoms with Gasteiger partial charge in [-0.3, -0.25) is 29.6 Å². The average Bonchev–Trinajstić information content (AvgIpc) is 2.97. The molecule has 38 heavy (non-hydrogen) atoms. The molecule has 1 fully saturated rings. The number of hydrogen-bond donors (Lipinski definition) is 6. The van der Waals surface area contributed by atoms with Gasteiger partial charge in [0.15, 0.2) is 23.0 Å². The van der Waals surface area contributed by atoms with Crippen LogP contribution in [0.15, 0.2) is 58.8 Å². The molecule has 0 aromatic heterocycles. The predicted octanol–water partition coefficient (Wildman–Crippen LogP) is 0.830. The van der Waals surface area contributed by atoms with Crippen LogP contribution in [0.4, 0.5) is 11.4 Å². The van der Waals surface area contributed by atoms with Gasteiger partial charge < -0.3 is 20.2 Å². The first-order valence-corrected chi connectivity index (χ1v) is 11.4. The lowest BCUT2D eigenvalue weighted by molar-refractivity contribution is -0.123. The molecule has 200 valence electrons. The Hall–Kier alpha value is -4.82. The summed E-state index contributed by atoms with van der Waals surface area (Å²) in [6.07, 6.45) is -0.945. The largest absolute Gasteiger partial charge is 0.410 e. The topological polar surface area (TPSA) is 204 Å².